The van der Waals surface area contributed by atoms with Gasteiger partial charge in [0.15, 0.2) is 0 Å². The number of fused-ring (bicyclic) bond motifs is 1. The predicted octanol–water partition coefficient (Wildman–Crippen LogP) is 2.06. The van der Waals surface area contributed by atoms with Crippen molar-refractivity contribution >= 4 is 22.7 Å². The van der Waals surface area contributed by atoms with Crippen LogP contribution in [0.4, 0.5) is 0 Å². The van der Waals surface area contributed by atoms with Crippen LogP contribution in [-0.2, 0) is 22.7 Å². The zero-order chi connectivity index (χ0) is 16.8. The molecular formula is C18H19N3O3. The van der Waals surface area contributed by atoms with Gasteiger partial charge >= 0.3 is 0 Å². The van der Waals surface area contributed by atoms with Crippen molar-refractivity contribution < 1.29 is 14.0 Å². The van der Waals surface area contributed by atoms with E-state index in [-0.39, 0.29) is 18.4 Å². The number of rotatable bonds is 7. The molecule has 0 fully saturated rings. The van der Waals surface area contributed by atoms with Crippen molar-refractivity contribution in [3.63, 3.8) is 0 Å². The van der Waals surface area contributed by atoms with Crippen LogP contribution in [0.1, 0.15) is 12.2 Å². The molecule has 6 nitrogen and oxygen atoms in total. The SMILES string of the molecule is O=C(CCn1ccc2ccccc21)NCC(=O)NCc1ccco1. The van der Waals surface area contributed by atoms with Crippen LogP contribution in [0.2, 0.25) is 0 Å². The Kier molecular flexibility index (Phi) is 4.96. The van der Waals surface area contributed by atoms with Gasteiger partial charge in [-0.25, -0.2) is 0 Å². The highest BCUT2D eigenvalue weighted by atomic mass is 16.3. The summed E-state index contributed by atoms with van der Waals surface area (Å²) >= 11 is 0. The summed E-state index contributed by atoms with van der Waals surface area (Å²) in [5.41, 5.74) is 1.10. The molecule has 0 spiro atoms. The summed E-state index contributed by atoms with van der Waals surface area (Å²) in [5, 5.41) is 6.46. The van der Waals surface area contributed by atoms with Gasteiger partial charge in [-0.15, -0.1) is 0 Å². The molecule has 1 aromatic carbocycles. The van der Waals surface area contributed by atoms with Crippen LogP contribution < -0.4 is 10.6 Å². The van der Waals surface area contributed by atoms with E-state index in [2.05, 4.69) is 10.6 Å². The Balaban J connectivity index is 1.40. The fourth-order valence-corrected chi connectivity index (χ4v) is 2.49. The summed E-state index contributed by atoms with van der Waals surface area (Å²) < 4.78 is 7.15. The lowest BCUT2D eigenvalue weighted by molar-refractivity contribution is -0.126. The van der Waals surface area contributed by atoms with Gasteiger partial charge in [0.2, 0.25) is 11.8 Å². The van der Waals surface area contributed by atoms with Gasteiger partial charge in [-0.1, -0.05) is 18.2 Å². The first kappa shape index (κ1) is 15.9. The average Bonchev–Trinajstić information content (AvgIpc) is 3.26. The smallest absolute Gasteiger partial charge is 0.239 e. The molecule has 0 atom stereocenters. The Morgan fingerprint density at radius 2 is 1.88 bits per heavy atom. The quantitative estimate of drug-likeness (QED) is 0.698. The minimum Gasteiger partial charge on any atom is -0.467 e. The summed E-state index contributed by atoms with van der Waals surface area (Å²) in [5.74, 6) is 0.279. The number of furan rings is 1. The molecule has 0 unspecified atom stereocenters. The standard InChI is InChI=1S/C18H19N3O3/c22-17(20-13-18(23)19-12-15-5-3-11-24-15)8-10-21-9-7-14-4-1-2-6-16(14)21/h1-7,9,11H,8,10,12-13H2,(H,19,23)(H,20,22). The molecule has 0 bridgehead atoms. The van der Waals surface area contributed by atoms with Gasteiger partial charge in [-0.3, -0.25) is 9.59 Å². The van der Waals surface area contributed by atoms with E-state index < -0.39 is 0 Å². The molecule has 0 aliphatic heterocycles. The van der Waals surface area contributed by atoms with Crippen molar-refractivity contribution in [3.8, 4) is 0 Å². The van der Waals surface area contributed by atoms with E-state index in [0.29, 0.717) is 25.3 Å². The number of aromatic nitrogens is 1. The molecule has 0 saturated carbocycles. The Hall–Kier alpha value is -3.02. The van der Waals surface area contributed by atoms with E-state index in [9.17, 15) is 9.59 Å². The number of para-hydroxylation sites is 1. The number of aryl methyl sites for hydroxylation is 1. The van der Waals surface area contributed by atoms with Crippen LogP contribution in [0.5, 0.6) is 0 Å². The summed E-state index contributed by atoms with van der Waals surface area (Å²) in [6.45, 7) is 0.858. The normalized spacial score (nSPS) is 10.7. The van der Waals surface area contributed by atoms with Crippen molar-refractivity contribution in [2.45, 2.75) is 19.5 Å². The minimum atomic E-state index is -0.244. The van der Waals surface area contributed by atoms with Crippen LogP contribution in [0, 0.1) is 0 Å². The van der Waals surface area contributed by atoms with E-state index in [0.717, 1.165) is 10.9 Å². The van der Waals surface area contributed by atoms with Gasteiger partial charge in [-0.2, -0.15) is 0 Å². The average molecular weight is 325 g/mol. The first-order valence-corrected chi connectivity index (χ1v) is 7.82. The number of carbonyl (C=O) groups is 2. The van der Waals surface area contributed by atoms with Crippen LogP contribution in [-0.4, -0.2) is 22.9 Å². The second-order valence-electron chi connectivity index (χ2n) is 5.45. The number of nitrogens with zero attached hydrogens (tertiary/aromatic N) is 1. The molecule has 3 rings (SSSR count). The van der Waals surface area contributed by atoms with Crippen molar-refractivity contribution in [1.82, 2.24) is 15.2 Å². The minimum absolute atomic E-state index is 0.0357. The van der Waals surface area contributed by atoms with Crippen LogP contribution in [0.25, 0.3) is 10.9 Å². The lowest BCUT2D eigenvalue weighted by Crippen LogP contribution is -2.36. The largest absolute Gasteiger partial charge is 0.467 e. The molecule has 2 aromatic heterocycles. The molecule has 0 radical (unpaired) electrons. The number of amides is 2. The lowest BCUT2D eigenvalue weighted by atomic mass is 10.2. The van der Waals surface area contributed by atoms with E-state index in [4.69, 9.17) is 4.42 Å². The van der Waals surface area contributed by atoms with Crippen LogP contribution in [0.15, 0.2) is 59.3 Å². The number of nitrogens with one attached hydrogen (secondary N) is 2. The number of benzene rings is 1. The highest BCUT2D eigenvalue weighted by Crippen LogP contribution is 2.15. The monoisotopic (exact) mass is 325 g/mol. The highest BCUT2D eigenvalue weighted by Gasteiger charge is 2.07. The number of hydrogen-bond donors (Lipinski definition) is 2. The van der Waals surface area contributed by atoms with Crippen LogP contribution >= 0.6 is 0 Å². The van der Waals surface area contributed by atoms with Crippen LogP contribution in [0.3, 0.4) is 0 Å². The molecule has 2 amide bonds. The Morgan fingerprint density at radius 1 is 1.00 bits per heavy atom. The molecule has 124 valence electrons. The summed E-state index contributed by atoms with van der Waals surface area (Å²) in [7, 11) is 0. The molecular weight excluding hydrogens is 306 g/mol. The van der Waals surface area contributed by atoms with Gasteiger partial charge in [0.25, 0.3) is 0 Å². The maximum Gasteiger partial charge on any atom is 0.239 e. The highest BCUT2D eigenvalue weighted by molar-refractivity contribution is 5.85. The molecule has 0 saturated heterocycles. The molecule has 24 heavy (non-hydrogen) atoms. The first-order chi connectivity index (χ1) is 11.7. The summed E-state index contributed by atoms with van der Waals surface area (Å²) in [6, 6.07) is 13.6. The third-order valence-electron chi connectivity index (χ3n) is 3.75. The van der Waals surface area contributed by atoms with E-state index >= 15 is 0 Å². The maximum atomic E-state index is 11.9. The van der Waals surface area contributed by atoms with Gasteiger partial charge in [0, 0.05) is 24.7 Å². The lowest BCUT2D eigenvalue weighted by Gasteiger charge is -2.07. The topological polar surface area (TPSA) is 76.3 Å². The molecule has 2 N–H and O–H groups in total. The maximum absolute atomic E-state index is 11.9. The molecule has 2 heterocycles. The zero-order valence-corrected chi connectivity index (χ0v) is 13.2. The molecule has 3 aromatic rings. The van der Waals surface area contributed by atoms with Gasteiger partial charge in [-0.05, 0) is 29.7 Å². The van der Waals surface area contributed by atoms with Crippen molar-refractivity contribution in [2.75, 3.05) is 6.54 Å². The zero-order valence-electron chi connectivity index (χ0n) is 13.2. The fraction of sp³-hybridized carbons (Fsp3) is 0.222. The second-order valence-corrected chi connectivity index (χ2v) is 5.45. The van der Waals surface area contributed by atoms with Crippen molar-refractivity contribution in [3.05, 3.63) is 60.7 Å². The van der Waals surface area contributed by atoms with Crippen molar-refractivity contribution in [1.29, 1.82) is 0 Å². The van der Waals surface area contributed by atoms with Crippen molar-refractivity contribution in [2.24, 2.45) is 0 Å². The summed E-state index contributed by atoms with van der Waals surface area (Å²) in [6.07, 6.45) is 3.84. The molecule has 6 heteroatoms. The third-order valence-corrected chi connectivity index (χ3v) is 3.75. The van der Waals surface area contributed by atoms with Gasteiger partial charge < -0.3 is 19.6 Å². The van der Waals surface area contributed by atoms with E-state index in [1.54, 1.807) is 18.4 Å². The Bertz CT molecular complexity index is 821. The molecule has 0 aliphatic carbocycles. The van der Waals surface area contributed by atoms with E-state index in [1.165, 1.54) is 0 Å². The fourth-order valence-electron chi connectivity index (χ4n) is 2.49. The predicted molar refractivity (Wildman–Crippen MR) is 90.1 cm³/mol. The third kappa shape index (κ3) is 4.04. The first-order valence-electron chi connectivity index (χ1n) is 7.82. The Labute approximate surface area is 139 Å². The van der Waals surface area contributed by atoms with E-state index in [1.807, 2.05) is 41.1 Å². The number of carbonyl (C=O) groups excluding carboxylic acids is 2. The molecule has 0 aliphatic rings. The van der Waals surface area contributed by atoms with Gasteiger partial charge in [0.05, 0.1) is 19.4 Å². The Morgan fingerprint density at radius 3 is 2.71 bits per heavy atom. The number of hydrogen-bond acceptors (Lipinski definition) is 3. The summed E-state index contributed by atoms with van der Waals surface area (Å²) in [4.78, 5) is 23.6. The second kappa shape index (κ2) is 7.50. The van der Waals surface area contributed by atoms with Gasteiger partial charge in [0.1, 0.15) is 5.76 Å².